The number of nitrogens with one attached hydrogen (secondary N) is 1. The van der Waals surface area contributed by atoms with Gasteiger partial charge in [-0.2, -0.15) is 0 Å². The maximum Gasteiger partial charge on any atom is 0.211 e. The Morgan fingerprint density at radius 2 is 1.12 bits per heavy atom. The van der Waals surface area contributed by atoms with Crippen LogP contribution in [0.4, 0.5) is 0 Å². The average molecular weight is 332 g/mol. The summed E-state index contributed by atoms with van der Waals surface area (Å²) in [5.74, 6) is 0. The van der Waals surface area contributed by atoms with Crippen molar-refractivity contribution < 1.29 is 4.98 Å². The van der Waals surface area contributed by atoms with Crippen LogP contribution in [0.1, 0.15) is 0 Å². The molecule has 122 valence electrons. The summed E-state index contributed by atoms with van der Waals surface area (Å²) in [5.41, 5.74) is 4.81. The SMILES string of the molecule is c1ccc(-c2ccc(-c3cc4c(ccc5ccccc54)c[nH+]3)cc2)cc1. The third-order valence-corrected chi connectivity index (χ3v) is 4.98. The molecule has 0 atom stereocenters. The first-order valence-electron chi connectivity index (χ1n) is 8.87. The fourth-order valence-electron chi connectivity index (χ4n) is 3.58. The molecule has 0 aliphatic heterocycles. The number of hydrogen-bond acceptors (Lipinski definition) is 0. The first kappa shape index (κ1) is 14.9. The highest BCUT2D eigenvalue weighted by atomic mass is 14.7. The fourth-order valence-corrected chi connectivity index (χ4v) is 3.58. The molecule has 5 aromatic rings. The van der Waals surface area contributed by atoms with Gasteiger partial charge in [0.05, 0.1) is 0 Å². The quantitative estimate of drug-likeness (QED) is 0.345. The highest BCUT2D eigenvalue weighted by molar-refractivity contribution is 6.07. The van der Waals surface area contributed by atoms with Crippen molar-refractivity contribution in [3.8, 4) is 22.4 Å². The van der Waals surface area contributed by atoms with Crippen LogP contribution in [0.15, 0.2) is 103 Å². The van der Waals surface area contributed by atoms with Crippen molar-refractivity contribution in [2.45, 2.75) is 0 Å². The second kappa shape index (κ2) is 6.12. The summed E-state index contributed by atoms with van der Waals surface area (Å²) >= 11 is 0. The molecule has 4 aromatic carbocycles. The summed E-state index contributed by atoms with van der Waals surface area (Å²) in [4.78, 5) is 3.45. The fraction of sp³-hybridized carbons (Fsp3) is 0. The third-order valence-electron chi connectivity index (χ3n) is 4.98. The van der Waals surface area contributed by atoms with Crippen LogP contribution < -0.4 is 4.98 Å². The molecule has 0 fully saturated rings. The zero-order valence-electron chi connectivity index (χ0n) is 14.3. The number of hydrogen-bond donors (Lipinski definition) is 0. The number of pyridine rings is 1. The van der Waals surface area contributed by atoms with Gasteiger partial charge in [-0.25, -0.2) is 4.98 Å². The van der Waals surface area contributed by atoms with Gasteiger partial charge in [-0.3, -0.25) is 0 Å². The molecule has 0 spiro atoms. The number of rotatable bonds is 2. The Kier molecular flexibility index (Phi) is 3.50. The lowest BCUT2D eigenvalue weighted by Gasteiger charge is -2.05. The van der Waals surface area contributed by atoms with Crippen LogP contribution in [-0.4, -0.2) is 0 Å². The number of aromatic amines is 1. The van der Waals surface area contributed by atoms with E-state index in [0.29, 0.717) is 0 Å². The molecule has 0 saturated heterocycles. The van der Waals surface area contributed by atoms with Crippen LogP contribution in [0.5, 0.6) is 0 Å². The molecule has 0 saturated carbocycles. The van der Waals surface area contributed by atoms with E-state index in [1.54, 1.807) is 0 Å². The monoisotopic (exact) mass is 332 g/mol. The summed E-state index contributed by atoms with van der Waals surface area (Å²) in [7, 11) is 0. The van der Waals surface area contributed by atoms with Crippen molar-refractivity contribution in [1.29, 1.82) is 0 Å². The first-order chi connectivity index (χ1) is 12.9. The predicted molar refractivity (Wildman–Crippen MR) is 109 cm³/mol. The zero-order chi connectivity index (χ0) is 17.3. The van der Waals surface area contributed by atoms with E-state index in [-0.39, 0.29) is 0 Å². The van der Waals surface area contributed by atoms with E-state index >= 15 is 0 Å². The van der Waals surface area contributed by atoms with Gasteiger partial charge in [-0.15, -0.1) is 0 Å². The average Bonchev–Trinajstić information content (AvgIpc) is 2.74. The van der Waals surface area contributed by atoms with Gasteiger partial charge < -0.3 is 0 Å². The van der Waals surface area contributed by atoms with Crippen molar-refractivity contribution in [2.24, 2.45) is 0 Å². The number of fused-ring (bicyclic) bond motifs is 3. The smallest absolute Gasteiger partial charge is 0.210 e. The topological polar surface area (TPSA) is 14.1 Å². The molecule has 26 heavy (non-hydrogen) atoms. The van der Waals surface area contributed by atoms with Crippen LogP contribution in [0, 0.1) is 0 Å². The van der Waals surface area contributed by atoms with Gasteiger partial charge in [0.1, 0.15) is 0 Å². The largest absolute Gasteiger partial charge is 0.211 e. The van der Waals surface area contributed by atoms with Crippen LogP contribution in [-0.2, 0) is 0 Å². The van der Waals surface area contributed by atoms with E-state index in [0.717, 1.165) is 5.69 Å². The molecule has 1 heterocycles. The van der Waals surface area contributed by atoms with Crippen molar-refractivity contribution >= 4 is 21.5 Å². The van der Waals surface area contributed by atoms with Crippen LogP contribution in [0.3, 0.4) is 0 Å². The third kappa shape index (κ3) is 2.55. The molecular formula is C25H18N+. The van der Waals surface area contributed by atoms with Crippen molar-refractivity contribution in [3.05, 3.63) is 103 Å². The van der Waals surface area contributed by atoms with Crippen molar-refractivity contribution in [2.75, 3.05) is 0 Å². The minimum Gasteiger partial charge on any atom is -0.210 e. The molecule has 0 radical (unpaired) electrons. The predicted octanol–water partition coefficient (Wildman–Crippen LogP) is 6.14. The normalized spacial score (nSPS) is 11.1. The molecule has 1 aromatic heterocycles. The first-order valence-corrected chi connectivity index (χ1v) is 8.87. The maximum atomic E-state index is 3.45. The number of H-pyrrole nitrogens is 1. The van der Waals surface area contributed by atoms with Crippen molar-refractivity contribution in [1.82, 2.24) is 0 Å². The molecule has 5 rings (SSSR count). The Morgan fingerprint density at radius 3 is 1.96 bits per heavy atom. The molecule has 0 bridgehead atoms. The van der Waals surface area contributed by atoms with Crippen LogP contribution in [0.2, 0.25) is 0 Å². The minimum absolute atomic E-state index is 1.13. The standard InChI is InChI=1S/C25H17N/c1-2-6-18(7-3-1)19-10-13-21(14-11-19)25-16-24-22(17-26-25)15-12-20-8-4-5-9-23(20)24/h1-17H/p+1. The summed E-state index contributed by atoms with van der Waals surface area (Å²) in [6.45, 7) is 0. The molecule has 0 aliphatic rings. The number of aromatic nitrogens is 1. The van der Waals surface area contributed by atoms with E-state index in [1.165, 1.54) is 38.2 Å². The molecule has 1 heteroatoms. The van der Waals surface area contributed by atoms with E-state index in [1.807, 2.05) is 6.07 Å². The molecular weight excluding hydrogens is 314 g/mol. The molecule has 0 aliphatic carbocycles. The second-order valence-electron chi connectivity index (χ2n) is 6.58. The maximum absolute atomic E-state index is 3.45. The Labute approximate surface area is 152 Å². The van der Waals surface area contributed by atoms with Gasteiger partial charge in [0.25, 0.3) is 0 Å². The zero-order valence-corrected chi connectivity index (χ0v) is 14.3. The molecule has 0 unspecified atom stereocenters. The van der Waals surface area contributed by atoms with E-state index in [4.69, 9.17) is 0 Å². The van der Waals surface area contributed by atoms with Gasteiger partial charge in [0, 0.05) is 22.4 Å². The van der Waals surface area contributed by atoms with Gasteiger partial charge in [-0.1, -0.05) is 72.8 Å². The Hall–Kier alpha value is -3.45. The minimum atomic E-state index is 1.13. The summed E-state index contributed by atoms with van der Waals surface area (Å²) in [6, 6.07) is 34.4. The van der Waals surface area contributed by atoms with Crippen LogP contribution >= 0.6 is 0 Å². The Balaban J connectivity index is 1.61. The van der Waals surface area contributed by atoms with Gasteiger partial charge in [-0.05, 0) is 40.1 Å². The van der Waals surface area contributed by atoms with E-state index in [9.17, 15) is 0 Å². The lowest BCUT2D eigenvalue weighted by molar-refractivity contribution is -0.362. The molecule has 1 nitrogen and oxygen atoms in total. The Morgan fingerprint density at radius 1 is 0.462 bits per heavy atom. The van der Waals surface area contributed by atoms with Crippen molar-refractivity contribution in [3.63, 3.8) is 0 Å². The highest BCUT2D eigenvalue weighted by Gasteiger charge is 2.09. The van der Waals surface area contributed by atoms with Crippen LogP contribution in [0.25, 0.3) is 43.9 Å². The van der Waals surface area contributed by atoms with Gasteiger partial charge in [0.15, 0.2) is 6.20 Å². The highest BCUT2D eigenvalue weighted by Crippen LogP contribution is 2.28. The summed E-state index contributed by atoms with van der Waals surface area (Å²) < 4.78 is 0. The lowest BCUT2D eigenvalue weighted by atomic mass is 10.00. The second-order valence-corrected chi connectivity index (χ2v) is 6.58. The van der Waals surface area contributed by atoms with Gasteiger partial charge >= 0.3 is 0 Å². The Bertz CT molecular complexity index is 1210. The number of benzene rings is 4. The molecule has 0 amide bonds. The van der Waals surface area contributed by atoms with E-state index in [2.05, 4.69) is 102 Å². The lowest BCUT2D eigenvalue weighted by Crippen LogP contribution is -2.05. The summed E-state index contributed by atoms with van der Waals surface area (Å²) in [6.07, 6.45) is 2.10. The van der Waals surface area contributed by atoms with Gasteiger partial charge in [0.2, 0.25) is 5.69 Å². The molecule has 1 N–H and O–H groups in total. The van der Waals surface area contributed by atoms with E-state index < -0.39 is 0 Å². The summed E-state index contributed by atoms with van der Waals surface area (Å²) in [5, 5.41) is 5.08.